The molecule has 114 valence electrons. The first-order valence-electron chi connectivity index (χ1n) is 5.76. The van der Waals surface area contributed by atoms with E-state index < -0.39 is 22.4 Å². The van der Waals surface area contributed by atoms with Gasteiger partial charge in [0.1, 0.15) is 4.90 Å². The van der Waals surface area contributed by atoms with Crippen molar-refractivity contribution in [2.24, 2.45) is 0 Å². The molecule has 1 unspecified atom stereocenters. The van der Waals surface area contributed by atoms with E-state index in [1.807, 2.05) is 0 Å². The van der Waals surface area contributed by atoms with Gasteiger partial charge in [-0.3, -0.25) is 0 Å². The summed E-state index contributed by atoms with van der Waals surface area (Å²) in [5.41, 5.74) is 0.624. The lowest BCUT2D eigenvalue weighted by Gasteiger charge is -2.22. The maximum atomic E-state index is 12.3. The second-order valence-corrected chi connectivity index (χ2v) is 6.78. The van der Waals surface area contributed by atoms with Gasteiger partial charge < -0.3 is 9.47 Å². The van der Waals surface area contributed by atoms with Crippen molar-refractivity contribution in [3.05, 3.63) is 27.7 Å². The van der Waals surface area contributed by atoms with Crippen LogP contribution in [0.25, 0.3) is 0 Å². The fourth-order valence-corrected chi connectivity index (χ4v) is 3.77. The Hall–Kier alpha value is -0.370. The van der Waals surface area contributed by atoms with Gasteiger partial charge in [0, 0.05) is 19.2 Å². The van der Waals surface area contributed by atoms with Crippen molar-refractivity contribution in [1.82, 2.24) is 4.72 Å². The molecule has 0 aromatic heterocycles. The molecule has 0 bridgehead atoms. The molecule has 0 fully saturated rings. The van der Waals surface area contributed by atoms with E-state index in [2.05, 4.69) is 4.72 Å². The van der Waals surface area contributed by atoms with Crippen LogP contribution in [0.4, 0.5) is 0 Å². The third kappa shape index (κ3) is 4.07. The van der Waals surface area contributed by atoms with Gasteiger partial charge in [-0.1, -0.05) is 23.2 Å². The van der Waals surface area contributed by atoms with Gasteiger partial charge >= 0.3 is 0 Å². The largest absolute Gasteiger partial charge is 0.354 e. The Balaban J connectivity index is 3.09. The maximum Gasteiger partial charge on any atom is 0.242 e. The minimum absolute atomic E-state index is 0.0288. The van der Waals surface area contributed by atoms with Gasteiger partial charge in [-0.05, 0) is 31.5 Å². The molecule has 0 aliphatic carbocycles. The molecular formula is C12H17Cl2NO4S. The normalized spacial score (nSPS) is 13.8. The zero-order valence-corrected chi connectivity index (χ0v) is 13.9. The number of halogens is 2. The third-order valence-electron chi connectivity index (χ3n) is 2.72. The fraction of sp³-hybridized carbons (Fsp3) is 0.500. The average Bonchev–Trinajstić information content (AvgIpc) is 2.34. The summed E-state index contributed by atoms with van der Waals surface area (Å²) >= 11 is 11.8. The second kappa shape index (κ2) is 7.06. The Morgan fingerprint density at radius 1 is 1.15 bits per heavy atom. The topological polar surface area (TPSA) is 64.6 Å². The zero-order chi connectivity index (χ0) is 15.5. The van der Waals surface area contributed by atoms with E-state index in [1.165, 1.54) is 26.4 Å². The van der Waals surface area contributed by atoms with E-state index in [0.29, 0.717) is 10.6 Å². The molecule has 0 aliphatic rings. The standard InChI is InChI=1S/C12H17Cl2NO4S/c1-7-5-11(10(14)6-9(7)13)20(16,17)15-8(2)12(18-3)19-4/h5-6,8,12,15H,1-4H3. The Bertz CT molecular complexity index is 573. The van der Waals surface area contributed by atoms with Crippen LogP contribution >= 0.6 is 23.2 Å². The van der Waals surface area contributed by atoms with E-state index in [9.17, 15) is 8.42 Å². The molecule has 0 aliphatic heterocycles. The van der Waals surface area contributed by atoms with Crippen LogP contribution in [0.2, 0.25) is 10.0 Å². The van der Waals surface area contributed by atoms with Crippen molar-refractivity contribution in [2.75, 3.05) is 14.2 Å². The highest BCUT2D eigenvalue weighted by atomic mass is 35.5. The summed E-state index contributed by atoms with van der Waals surface area (Å²) in [5.74, 6) is 0. The number of aryl methyl sites for hydroxylation is 1. The summed E-state index contributed by atoms with van der Waals surface area (Å²) in [7, 11) is -0.937. The van der Waals surface area contributed by atoms with Crippen LogP contribution in [0.3, 0.4) is 0 Å². The molecule has 0 saturated carbocycles. The van der Waals surface area contributed by atoms with Gasteiger partial charge in [0.05, 0.1) is 11.1 Å². The van der Waals surface area contributed by atoms with Crippen LogP contribution in [-0.4, -0.2) is 35.0 Å². The number of rotatable bonds is 6. The van der Waals surface area contributed by atoms with Gasteiger partial charge in [0.2, 0.25) is 10.0 Å². The molecule has 20 heavy (non-hydrogen) atoms. The molecule has 0 radical (unpaired) electrons. The number of benzene rings is 1. The summed E-state index contributed by atoms with van der Waals surface area (Å²) in [5, 5.41) is 0.473. The van der Waals surface area contributed by atoms with Crippen molar-refractivity contribution < 1.29 is 17.9 Å². The molecule has 0 saturated heterocycles. The molecule has 1 aromatic carbocycles. The van der Waals surface area contributed by atoms with E-state index in [4.69, 9.17) is 32.7 Å². The second-order valence-electron chi connectivity index (χ2n) is 4.28. The molecule has 1 rings (SSSR count). The van der Waals surface area contributed by atoms with Crippen molar-refractivity contribution in [3.8, 4) is 0 Å². The molecule has 0 amide bonds. The molecule has 8 heteroatoms. The number of methoxy groups -OCH3 is 2. The third-order valence-corrected chi connectivity index (χ3v) is 5.15. The SMILES string of the molecule is COC(OC)C(C)NS(=O)(=O)c1cc(C)c(Cl)cc1Cl. The molecule has 1 N–H and O–H groups in total. The molecule has 1 atom stereocenters. The Kier molecular flexibility index (Phi) is 6.25. The number of ether oxygens (including phenoxy) is 2. The van der Waals surface area contributed by atoms with Gasteiger partial charge in [-0.25, -0.2) is 13.1 Å². The number of nitrogens with one attached hydrogen (secondary N) is 1. The van der Waals surface area contributed by atoms with Gasteiger partial charge in [-0.2, -0.15) is 0 Å². The minimum Gasteiger partial charge on any atom is -0.354 e. The summed E-state index contributed by atoms with van der Waals surface area (Å²) in [6, 6.07) is 2.25. The van der Waals surface area contributed by atoms with Crippen LogP contribution in [0.15, 0.2) is 17.0 Å². The Labute approximate surface area is 129 Å². The highest BCUT2D eigenvalue weighted by molar-refractivity contribution is 7.89. The van der Waals surface area contributed by atoms with Gasteiger partial charge in [0.15, 0.2) is 6.29 Å². The van der Waals surface area contributed by atoms with E-state index >= 15 is 0 Å². The van der Waals surface area contributed by atoms with E-state index in [1.54, 1.807) is 13.8 Å². The van der Waals surface area contributed by atoms with Crippen molar-refractivity contribution >= 4 is 33.2 Å². The number of hydrogen-bond donors (Lipinski definition) is 1. The van der Waals surface area contributed by atoms with E-state index in [-0.39, 0.29) is 9.92 Å². The number of hydrogen-bond acceptors (Lipinski definition) is 4. The zero-order valence-electron chi connectivity index (χ0n) is 11.6. The molecule has 0 spiro atoms. The summed E-state index contributed by atoms with van der Waals surface area (Å²) in [6.07, 6.45) is -0.697. The first-order chi connectivity index (χ1) is 9.22. The first kappa shape index (κ1) is 17.7. The quantitative estimate of drug-likeness (QED) is 0.807. The van der Waals surface area contributed by atoms with Crippen molar-refractivity contribution in [2.45, 2.75) is 31.1 Å². The van der Waals surface area contributed by atoms with Gasteiger partial charge in [-0.15, -0.1) is 0 Å². The smallest absolute Gasteiger partial charge is 0.242 e. The monoisotopic (exact) mass is 341 g/mol. The van der Waals surface area contributed by atoms with Crippen LogP contribution in [-0.2, 0) is 19.5 Å². The molecular weight excluding hydrogens is 325 g/mol. The molecule has 5 nitrogen and oxygen atoms in total. The lowest BCUT2D eigenvalue weighted by atomic mass is 10.2. The van der Waals surface area contributed by atoms with E-state index in [0.717, 1.165) is 0 Å². The Morgan fingerprint density at radius 2 is 1.70 bits per heavy atom. The highest BCUT2D eigenvalue weighted by Gasteiger charge is 2.25. The van der Waals surface area contributed by atoms with Crippen molar-refractivity contribution in [3.63, 3.8) is 0 Å². The fourth-order valence-electron chi connectivity index (χ4n) is 1.70. The molecule has 0 heterocycles. The number of sulfonamides is 1. The average molecular weight is 342 g/mol. The van der Waals surface area contributed by atoms with Crippen molar-refractivity contribution in [1.29, 1.82) is 0 Å². The van der Waals surface area contributed by atoms with Crippen LogP contribution in [0.1, 0.15) is 12.5 Å². The summed E-state index contributed by atoms with van der Waals surface area (Å²) in [4.78, 5) is -0.0288. The lowest BCUT2D eigenvalue weighted by molar-refractivity contribution is -0.115. The van der Waals surface area contributed by atoms with Crippen LogP contribution < -0.4 is 4.72 Å². The summed E-state index contributed by atoms with van der Waals surface area (Å²) in [6.45, 7) is 3.33. The first-order valence-corrected chi connectivity index (χ1v) is 8.00. The predicted molar refractivity (Wildman–Crippen MR) is 78.8 cm³/mol. The lowest BCUT2D eigenvalue weighted by Crippen LogP contribution is -2.42. The van der Waals surface area contributed by atoms with Gasteiger partial charge in [0.25, 0.3) is 0 Å². The van der Waals surface area contributed by atoms with Crippen LogP contribution in [0.5, 0.6) is 0 Å². The summed E-state index contributed by atoms with van der Waals surface area (Å²) < 4.78 is 37.1. The minimum atomic E-state index is -3.80. The molecule has 1 aromatic rings. The Morgan fingerprint density at radius 3 is 2.20 bits per heavy atom. The highest BCUT2D eigenvalue weighted by Crippen LogP contribution is 2.28. The predicted octanol–water partition coefficient (Wildman–Crippen LogP) is 2.59. The van der Waals surface area contributed by atoms with Crippen LogP contribution in [0, 0.1) is 6.92 Å². The maximum absolute atomic E-state index is 12.3.